The van der Waals surface area contributed by atoms with Crippen LogP contribution in [0.2, 0.25) is 0 Å². The van der Waals surface area contributed by atoms with Crippen LogP contribution >= 0.6 is 0 Å². The molecule has 1 aliphatic rings. The minimum Gasteiger partial charge on any atom is -0.494 e. The summed E-state index contributed by atoms with van der Waals surface area (Å²) in [4.78, 5) is 43.5. The van der Waals surface area contributed by atoms with Crippen LogP contribution in [0, 0.1) is 10.1 Å². The van der Waals surface area contributed by atoms with Crippen molar-refractivity contribution in [1.82, 2.24) is 15.2 Å². The Morgan fingerprint density at radius 1 is 1.08 bits per heavy atom. The highest BCUT2D eigenvalue weighted by Crippen LogP contribution is 2.33. The number of hydrogen-bond acceptors (Lipinski definition) is 6. The van der Waals surface area contributed by atoms with Crippen LogP contribution in [-0.4, -0.2) is 50.7 Å². The highest BCUT2D eigenvalue weighted by atomic mass is 16.6. The zero-order chi connectivity index (χ0) is 25.4. The summed E-state index contributed by atoms with van der Waals surface area (Å²) in [7, 11) is 1.44. The lowest BCUT2D eigenvalue weighted by molar-refractivity contribution is -0.384. The number of imide groups is 1. The molecule has 0 radical (unpaired) electrons. The number of H-pyrrole nitrogens is 1. The van der Waals surface area contributed by atoms with E-state index in [0.29, 0.717) is 39.8 Å². The molecule has 2 heterocycles. The molecule has 3 aromatic carbocycles. The summed E-state index contributed by atoms with van der Waals surface area (Å²) in [5.41, 5.74) is 3.37. The molecule has 1 aromatic heterocycles. The van der Waals surface area contributed by atoms with Crippen LogP contribution in [0.5, 0.6) is 5.88 Å². The predicted octanol–water partition coefficient (Wildman–Crippen LogP) is 4.04. The molecule has 0 saturated carbocycles. The Bertz CT molecular complexity index is 1530. The summed E-state index contributed by atoms with van der Waals surface area (Å²) in [6.07, 6.45) is 0.345. The number of non-ortho nitro benzene ring substituents is 1. The van der Waals surface area contributed by atoms with Gasteiger partial charge >= 0.3 is 6.03 Å². The number of carbonyl (C=O) groups is 2. The van der Waals surface area contributed by atoms with Gasteiger partial charge in [-0.1, -0.05) is 42.5 Å². The Labute approximate surface area is 205 Å². The number of aromatic hydroxyl groups is 1. The number of nitro benzene ring substituents is 1. The number of hydrogen-bond donors (Lipinski definition) is 3. The Balaban J connectivity index is 1.55. The maximum atomic E-state index is 12.2. The van der Waals surface area contributed by atoms with Gasteiger partial charge in [0.1, 0.15) is 6.04 Å². The molecule has 36 heavy (non-hydrogen) atoms. The van der Waals surface area contributed by atoms with Gasteiger partial charge in [-0.15, -0.1) is 0 Å². The molecule has 3 N–H and O–H groups in total. The van der Waals surface area contributed by atoms with E-state index in [9.17, 15) is 24.8 Å². The Hall–Kier alpha value is -4.99. The fraction of sp³-hybridized carbons (Fsp3) is 0.115. The minimum atomic E-state index is -0.615. The van der Waals surface area contributed by atoms with E-state index in [1.54, 1.807) is 18.2 Å². The van der Waals surface area contributed by atoms with Crippen molar-refractivity contribution in [3.05, 3.63) is 99.6 Å². The number of aliphatic imine (C=N–C) groups is 1. The van der Waals surface area contributed by atoms with E-state index in [0.717, 1.165) is 10.5 Å². The van der Waals surface area contributed by atoms with E-state index >= 15 is 0 Å². The normalized spacial score (nSPS) is 16.0. The van der Waals surface area contributed by atoms with Crippen LogP contribution < -0.4 is 5.32 Å². The summed E-state index contributed by atoms with van der Waals surface area (Å²) >= 11 is 0. The van der Waals surface area contributed by atoms with Crippen molar-refractivity contribution in [3.8, 4) is 5.88 Å². The molecule has 1 unspecified atom stereocenters. The monoisotopic (exact) mass is 483 g/mol. The molecule has 1 aliphatic heterocycles. The summed E-state index contributed by atoms with van der Waals surface area (Å²) in [5.74, 6) is -0.429. The number of nitrogens with zero attached hydrogens (tertiary/aromatic N) is 3. The fourth-order valence-electron chi connectivity index (χ4n) is 4.23. The molecule has 180 valence electrons. The lowest BCUT2D eigenvalue weighted by atomic mass is 10.0. The van der Waals surface area contributed by atoms with Gasteiger partial charge in [-0.3, -0.25) is 19.8 Å². The number of amides is 3. The second-order valence-corrected chi connectivity index (χ2v) is 8.43. The maximum Gasteiger partial charge on any atom is 0.324 e. The second-order valence-electron chi connectivity index (χ2n) is 8.43. The SMILES string of the molecule is CN1C(=O)NC(Cc2ccc(N=C(c3ccccc3)c3c(O)[nH]c4ccc([N+](=O)[O-])cc34)cc2)C1=O. The third-order valence-electron chi connectivity index (χ3n) is 6.11. The topological polar surface area (TPSA) is 141 Å². The highest BCUT2D eigenvalue weighted by Gasteiger charge is 2.35. The van der Waals surface area contributed by atoms with Crippen molar-refractivity contribution in [3.63, 3.8) is 0 Å². The van der Waals surface area contributed by atoms with E-state index in [2.05, 4.69) is 10.3 Å². The molecule has 10 heteroatoms. The van der Waals surface area contributed by atoms with Gasteiger partial charge in [0.25, 0.3) is 11.6 Å². The number of nitrogens with one attached hydrogen (secondary N) is 2. The highest BCUT2D eigenvalue weighted by molar-refractivity contribution is 6.22. The van der Waals surface area contributed by atoms with Crippen molar-refractivity contribution in [1.29, 1.82) is 0 Å². The van der Waals surface area contributed by atoms with E-state index in [1.165, 1.54) is 19.2 Å². The predicted molar refractivity (Wildman–Crippen MR) is 134 cm³/mol. The average molecular weight is 483 g/mol. The summed E-state index contributed by atoms with van der Waals surface area (Å²) in [5, 5.41) is 25.3. The third-order valence-corrected chi connectivity index (χ3v) is 6.11. The Morgan fingerprint density at radius 3 is 2.44 bits per heavy atom. The zero-order valence-corrected chi connectivity index (χ0v) is 19.1. The lowest BCUT2D eigenvalue weighted by Gasteiger charge is -2.10. The lowest BCUT2D eigenvalue weighted by Crippen LogP contribution is -2.31. The molecule has 4 aromatic rings. The third kappa shape index (κ3) is 4.16. The van der Waals surface area contributed by atoms with Gasteiger partial charge in [0.15, 0.2) is 5.88 Å². The average Bonchev–Trinajstić information content (AvgIpc) is 3.33. The van der Waals surface area contributed by atoms with E-state index in [4.69, 9.17) is 4.99 Å². The number of nitro groups is 1. The fourth-order valence-corrected chi connectivity index (χ4v) is 4.23. The molecule has 0 aliphatic carbocycles. The molecule has 0 bridgehead atoms. The molecule has 1 saturated heterocycles. The van der Waals surface area contributed by atoms with Gasteiger partial charge in [-0.2, -0.15) is 0 Å². The molecule has 10 nitrogen and oxygen atoms in total. The van der Waals surface area contributed by atoms with Crippen molar-refractivity contribution in [2.45, 2.75) is 12.5 Å². The van der Waals surface area contributed by atoms with Crippen molar-refractivity contribution in [2.75, 3.05) is 7.05 Å². The van der Waals surface area contributed by atoms with Crippen LogP contribution in [0.15, 0.2) is 77.8 Å². The zero-order valence-electron chi connectivity index (χ0n) is 19.1. The summed E-state index contributed by atoms with van der Waals surface area (Å²) in [6.45, 7) is 0. The molecule has 1 fully saturated rings. The van der Waals surface area contributed by atoms with E-state index < -0.39 is 17.0 Å². The van der Waals surface area contributed by atoms with Crippen LogP contribution in [0.25, 0.3) is 10.9 Å². The number of likely N-dealkylation sites (N-methyl/N-ethyl adjacent to an activating group) is 1. The first-order valence-corrected chi connectivity index (χ1v) is 11.1. The molecular weight excluding hydrogens is 462 g/mol. The van der Waals surface area contributed by atoms with Gasteiger partial charge in [0, 0.05) is 42.1 Å². The number of rotatable bonds is 6. The molecule has 1 atom stereocenters. The summed E-state index contributed by atoms with van der Waals surface area (Å²) < 4.78 is 0. The Kier molecular flexibility index (Phi) is 5.69. The first kappa shape index (κ1) is 22.8. The quantitative estimate of drug-likeness (QED) is 0.164. The largest absolute Gasteiger partial charge is 0.494 e. The number of urea groups is 1. The smallest absolute Gasteiger partial charge is 0.324 e. The van der Waals surface area contributed by atoms with Crippen molar-refractivity contribution < 1.29 is 19.6 Å². The van der Waals surface area contributed by atoms with E-state index in [-0.39, 0.29) is 17.5 Å². The number of carbonyl (C=O) groups excluding carboxylic acids is 2. The van der Waals surface area contributed by atoms with Crippen LogP contribution in [0.3, 0.4) is 0 Å². The van der Waals surface area contributed by atoms with Crippen LogP contribution in [0.1, 0.15) is 16.7 Å². The van der Waals surface area contributed by atoms with Gasteiger partial charge in [-0.05, 0) is 23.8 Å². The molecule has 3 amide bonds. The van der Waals surface area contributed by atoms with Crippen molar-refractivity contribution in [2.24, 2.45) is 4.99 Å². The standard InChI is InChI=1S/C26H21N5O5/c1-30-25(33)21(29-26(30)34)13-15-7-9-17(10-8-15)27-23(16-5-3-2-4-6-16)22-19-14-18(31(35)36)11-12-20(19)28-24(22)32/h2-12,14,21,28,32H,13H2,1H3,(H,29,34). The Morgan fingerprint density at radius 2 is 1.81 bits per heavy atom. The van der Waals surface area contributed by atoms with Gasteiger partial charge in [-0.25, -0.2) is 9.79 Å². The van der Waals surface area contributed by atoms with Crippen LogP contribution in [-0.2, 0) is 11.2 Å². The molecule has 5 rings (SSSR count). The first-order valence-electron chi connectivity index (χ1n) is 11.1. The number of benzene rings is 3. The van der Waals surface area contributed by atoms with Gasteiger partial charge in [0.05, 0.1) is 21.9 Å². The summed E-state index contributed by atoms with van der Waals surface area (Å²) in [6, 6.07) is 19.7. The van der Waals surface area contributed by atoms with E-state index in [1.807, 2.05) is 42.5 Å². The van der Waals surface area contributed by atoms with Crippen LogP contribution in [0.4, 0.5) is 16.2 Å². The maximum absolute atomic E-state index is 12.2. The van der Waals surface area contributed by atoms with Gasteiger partial charge in [0.2, 0.25) is 0 Å². The number of fused-ring (bicyclic) bond motifs is 1. The second kappa shape index (κ2) is 8.99. The first-order chi connectivity index (χ1) is 17.3. The van der Waals surface area contributed by atoms with Crippen molar-refractivity contribution >= 4 is 39.9 Å². The number of aromatic nitrogens is 1. The molecular formula is C26H21N5O5. The minimum absolute atomic E-state index is 0.0984. The molecule has 0 spiro atoms. The number of aromatic amines is 1. The van der Waals surface area contributed by atoms with Gasteiger partial charge < -0.3 is 15.4 Å².